The highest BCUT2D eigenvalue weighted by atomic mass is 35.5. The highest BCUT2D eigenvalue weighted by Crippen LogP contribution is 2.36. The Morgan fingerprint density at radius 1 is 1.05 bits per heavy atom. The Morgan fingerprint density at radius 3 is 2.68 bits per heavy atom. The second-order valence-corrected chi connectivity index (χ2v) is 4.60. The minimum Gasteiger partial charge on any atom is -0.507 e. The van der Waals surface area contributed by atoms with Crippen LogP contribution in [0.2, 0.25) is 5.02 Å². The zero-order valence-electron chi connectivity index (χ0n) is 9.77. The lowest BCUT2D eigenvalue weighted by Gasteiger charge is -2.09. The molecule has 0 bridgehead atoms. The number of pyridine rings is 1. The third-order valence-electron chi connectivity index (χ3n) is 3.00. The minimum absolute atomic E-state index is 0.0271. The fourth-order valence-electron chi connectivity index (χ4n) is 2.08. The first-order valence-corrected chi connectivity index (χ1v) is 6.06. The van der Waals surface area contributed by atoms with Crippen LogP contribution in [0.5, 0.6) is 5.75 Å². The smallest absolute Gasteiger partial charge is 0.145 e. The molecule has 0 aliphatic rings. The molecule has 1 heterocycles. The number of halogens is 2. The fraction of sp³-hybridized carbons (Fsp3) is 0. The van der Waals surface area contributed by atoms with Crippen molar-refractivity contribution in [3.05, 3.63) is 59.6 Å². The number of hydrogen-bond acceptors (Lipinski definition) is 2. The lowest BCUT2D eigenvalue weighted by molar-refractivity contribution is 0.471. The number of benzene rings is 2. The SMILES string of the molecule is Oc1cc(F)c(Cl)cc1-c1cncc2ccccc12. The summed E-state index contributed by atoms with van der Waals surface area (Å²) in [7, 11) is 0. The molecule has 3 rings (SSSR count). The quantitative estimate of drug-likeness (QED) is 0.713. The van der Waals surface area contributed by atoms with E-state index >= 15 is 0 Å². The van der Waals surface area contributed by atoms with Crippen LogP contribution in [0.25, 0.3) is 21.9 Å². The van der Waals surface area contributed by atoms with Crippen LogP contribution in [0.3, 0.4) is 0 Å². The Balaban J connectivity index is 2.33. The molecule has 19 heavy (non-hydrogen) atoms. The van der Waals surface area contributed by atoms with Crippen molar-refractivity contribution in [1.82, 2.24) is 4.98 Å². The molecule has 0 aliphatic carbocycles. The zero-order chi connectivity index (χ0) is 13.4. The summed E-state index contributed by atoms with van der Waals surface area (Å²) in [6, 6.07) is 10.1. The molecule has 1 N–H and O–H groups in total. The number of fused-ring (bicyclic) bond motifs is 1. The largest absolute Gasteiger partial charge is 0.507 e. The van der Waals surface area contributed by atoms with Crippen LogP contribution in [0.4, 0.5) is 4.39 Å². The minimum atomic E-state index is -0.642. The molecule has 2 aromatic carbocycles. The van der Waals surface area contributed by atoms with Crippen LogP contribution in [0.1, 0.15) is 0 Å². The molecule has 94 valence electrons. The van der Waals surface area contributed by atoms with E-state index in [1.54, 1.807) is 12.4 Å². The van der Waals surface area contributed by atoms with Crippen molar-refractivity contribution in [3.8, 4) is 16.9 Å². The van der Waals surface area contributed by atoms with Crippen molar-refractivity contribution in [2.24, 2.45) is 0 Å². The fourth-order valence-corrected chi connectivity index (χ4v) is 2.25. The topological polar surface area (TPSA) is 33.1 Å². The number of phenolic OH excluding ortho intramolecular Hbond substituents is 1. The molecule has 0 atom stereocenters. The van der Waals surface area contributed by atoms with E-state index < -0.39 is 5.82 Å². The number of nitrogens with zero attached hydrogens (tertiary/aromatic N) is 1. The van der Waals surface area contributed by atoms with Gasteiger partial charge in [0, 0.05) is 35.0 Å². The van der Waals surface area contributed by atoms with Crippen LogP contribution in [0, 0.1) is 5.82 Å². The van der Waals surface area contributed by atoms with Crippen LogP contribution in [-0.4, -0.2) is 10.1 Å². The van der Waals surface area contributed by atoms with Gasteiger partial charge >= 0.3 is 0 Å². The van der Waals surface area contributed by atoms with Gasteiger partial charge < -0.3 is 5.11 Å². The third-order valence-corrected chi connectivity index (χ3v) is 3.29. The average Bonchev–Trinajstić information content (AvgIpc) is 2.42. The molecule has 0 radical (unpaired) electrons. The first kappa shape index (κ1) is 11.9. The zero-order valence-corrected chi connectivity index (χ0v) is 10.5. The molecule has 2 nitrogen and oxygen atoms in total. The maximum absolute atomic E-state index is 13.3. The van der Waals surface area contributed by atoms with Gasteiger partial charge in [-0.2, -0.15) is 0 Å². The summed E-state index contributed by atoms with van der Waals surface area (Å²) in [4.78, 5) is 4.13. The first-order valence-electron chi connectivity index (χ1n) is 5.68. The van der Waals surface area contributed by atoms with Gasteiger partial charge in [-0.15, -0.1) is 0 Å². The maximum Gasteiger partial charge on any atom is 0.145 e. The van der Waals surface area contributed by atoms with E-state index in [4.69, 9.17) is 11.6 Å². The molecule has 3 aromatic rings. The van der Waals surface area contributed by atoms with E-state index in [0.717, 1.165) is 22.4 Å². The molecule has 0 saturated carbocycles. The Kier molecular flexibility index (Phi) is 2.84. The summed E-state index contributed by atoms with van der Waals surface area (Å²) in [5, 5.41) is 11.7. The molecular weight excluding hydrogens is 265 g/mol. The Bertz CT molecular complexity index is 768. The molecule has 0 fully saturated rings. The van der Waals surface area contributed by atoms with Gasteiger partial charge in [-0.25, -0.2) is 4.39 Å². The molecule has 0 amide bonds. The van der Waals surface area contributed by atoms with E-state index in [1.165, 1.54) is 6.07 Å². The Hall–Kier alpha value is -2.13. The maximum atomic E-state index is 13.3. The second kappa shape index (κ2) is 4.52. The van der Waals surface area contributed by atoms with Crippen LogP contribution < -0.4 is 0 Å². The van der Waals surface area contributed by atoms with Crippen LogP contribution >= 0.6 is 11.6 Å². The highest BCUT2D eigenvalue weighted by Gasteiger charge is 2.12. The molecule has 1 aromatic heterocycles. The normalized spacial score (nSPS) is 10.8. The van der Waals surface area contributed by atoms with Gasteiger partial charge in [0.05, 0.1) is 5.02 Å². The lowest BCUT2D eigenvalue weighted by atomic mass is 10.0. The molecular formula is C15H9ClFNO. The predicted molar refractivity (Wildman–Crippen MR) is 73.8 cm³/mol. The summed E-state index contributed by atoms with van der Waals surface area (Å²) in [5.74, 6) is -0.795. The van der Waals surface area contributed by atoms with E-state index in [1.807, 2.05) is 24.3 Å². The van der Waals surface area contributed by atoms with Crippen LogP contribution in [0.15, 0.2) is 48.8 Å². The summed E-state index contributed by atoms with van der Waals surface area (Å²) in [6.45, 7) is 0. The number of aromatic hydroxyl groups is 1. The summed E-state index contributed by atoms with van der Waals surface area (Å²) in [6.07, 6.45) is 3.37. The van der Waals surface area contributed by atoms with Crippen molar-refractivity contribution in [2.75, 3.05) is 0 Å². The summed E-state index contributed by atoms with van der Waals surface area (Å²) >= 11 is 5.78. The third kappa shape index (κ3) is 2.02. The van der Waals surface area contributed by atoms with Gasteiger partial charge in [0.15, 0.2) is 0 Å². The number of phenols is 1. The van der Waals surface area contributed by atoms with E-state index in [9.17, 15) is 9.50 Å². The summed E-state index contributed by atoms with van der Waals surface area (Å²) < 4.78 is 13.3. The van der Waals surface area contributed by atoms with Gasteiger partial charge in [-0.05, 0) is 11.5 Å². The Labute approximate surface area is 114 Å². The molecule has 0 spiro atoms. The van der Waals surface area contributed by atoms with E-state index in [2.05, 4.69) is 4.98 Å². The standard InChI is InChI=1S/C15H9ClFNO/c16-13-5-11(15(19)6-14(13)17)12-8-18-7-9-3-1-2-4-10(9)12/h1-8,19H. The number of aromatic nitrogens is 1. The van der Waals surface area contributed by atoms with Crippen molar-refractivity contribution >= 4 is 22.4 Å². The van der Waals surface area contributed by atoms with Gasteiger partial charge in [-0.3, -0.25) is 4.98 Å². The predicted octanol–water partition coefficient (Wildman–Crippen LogP) is 4.40. The first-order chi connectivity index (χ1) is 9.16. The van der Waals surface area contributed by atoms with Crippen LogP contribution in [-0.2, 0) is 0 Å². The average molecular weight is 274 g/mol. The highest BCUT2D eigenvalue weighted by molar-refractivity contribution is 6.31. The van der Waals surface area contributed by atoms with Gasteiger partial charge in [0.25, 0.3) is 0 Å². The van der Waals surface area contributed by atoms with E-state index in [-0.39, 0.29) is 10.8 Å². The van der Waals surface area contributed by atoms with Gasteiger partial charge in [-0.1, -0.05) is 35.9 Å². The molecule has 0 saturated heterocycles. The molecule has 0 aliphatic heterocycles. The number of rotatable bonds is 1. The van der Waals surface area contributed by atoms with Gasteiger partial charge in [0.1, 0.15) is 11.6 Å². The molecule has 0 unspecified atom stereocenters. The lowest BCUT2D eigenvalue weighted by Crippen LogP contribution is -1.87. The van der Waals surface area contributed by atoms with Crippen molar-refractivity contribution < 1.29 is 9.50 Å². The van der Waals surface area contributed by atoms with Crippen molar-refractivity contribution in [3.63, 3.8) is 0 Å². The van der Waals surface area contributed by atoms with Crippen molar-refractivity contribution in [1.29, 1.82) is 0 Å². The summed E-state index contributed by atoms with van der Waals surface area (Å²) in [5.41, 5.74) is 1.19. The molecule has 4 heteroatoms. The van der Waals surface area contributed by atoms with E-state index in [0.29, 0.717) is 5.56 Å². The Morgan fingerprint density at radius 2 is 1.84 bits per heavy atom. The second-order valence-electron chi connectivity index (χ2n) is 4.19. The van der Waals surface area contributed by atoms with Crippen molar-refractivity contribution in [2.45, 2.75) is 0 Å². The number of hydrogen-bond donors (Lipinski definition) is 1. The van der Waals surface area contributed by atoms with Gasteiger partial charge in [0.2, 0.25) is 0 Å². The monoisotopic (exact) mass is 273 g/mol.